The van der Waals surface area contributed by atoms with Crippen LogP contribution in [0.15, 0.2) is 12.3 Å². The van der Waals surface area contributed by atoms with Crippen LogP contribution in [0.1, 0.15) is 26.2 Å². The molecule has 2 rings (SSSR count). The van der Waals surface area contributed by atoms with E-state index in [1.54, 1.807) is 0 Å². The molecular formula is C9H15NO. The molecule has 3 unspecified atom stereocenters. The molecule has 3 atom stereocenters. The minimum atomic E-state index is 0.469. The van der Waals surface area contributed by atoms with Crippen molar-refractivity contribution in [3.63, 3.8) is 0 Å². The zero-order chi connectivity index (χ0) is 7.84. The third kappa shape index (κ3) is 1.27. The first-order valence-corrected chi connectivity index (χ1v) is 4.33. The summed E-state index contributed by atoms with van der Waals surface area (Å²) in [5.74, 6) is 0. The van der Waals surface area contributed by atoms with Gasteiger partial charge in [-0.05, 0) is 26.2 Å². The first kappa shape index (κ1) is 7.17. The number of allylic oxidation sites excluding steroid dienone is 1. The molecule has 0 aromatic carbocycles. The molecule has 0 spiro atoms. The summed E-state index contributed by atoms with van der Waals surface area (Å²) in [6.07, 6.45) is 4.68. The molecule has 2 saturated heterocycles. The largest absolute Gasteiger partial charge is 0.384 e. The van der Waals surface area contributed by atoms with Gasteiger partial charge in [0, 0.05) is 5.70 Å². The summed E-state index contributed by atoms with van der Waals surface area (Å²) < 4.78 is 5.68. The van der Waals surface area contributed by atoms with Crippen LogP contribution in [0, 0.1) is 0 Å². The highest BCUT2D eigenvalue weighted by atomic mass is 16.5. The molecule has 2 nitrogen and oxygen atoms in total. The summed E-state index contributed by atoms with van der Waals surface area (Å²) in [4.78, 5) is 0. The molecule has 0 radical (unpaired) electrons. The van der Waals surface area contributed by atoms with E-state index in [1.807, 2.05) is 6.92 Å². The van der Waals surface area contributed by atoms with Crippen LogP contribution < -0.4 is 5.32 Å². The Hall–Kier alpha value is -0.500. The summed E-state index contributed by atoms with van der Waals surface area (Å²) in [7, 11) is 0. The first-order valence-electron chi connectivity index (χ1n) is 4.33. The average Bonchev–Trinajstić information content (AvgIpc) is 2.45. The number of nitrogens with one attached hydrogen (secondary N) is 1. The van der Waals surface area contributed by atoms with Gasteiger partial charge in [-0.2, -0.15) is 0 Å². The maximum absolute atomic E-state index is 5.68. The van der Waals surface area contributed by atoms with Crippen molar-refractivity contribution in [2.75, 3.05) is 0 Å². The summed E-state index contributed by atoms with van der Waals surface area (Å²) in [5, 5.41) is 3.35. The third-order valence-corrected chi connectivity index (χ3v) is 2.54. The lowest BCUT2D eigenvalue weighted by atomic mass is 9.95. The molecule has 0 aromatic rings. The van der Waals surface area contributed by atoms with Crippen LogP contribution in [0.3, 0.4) is 0 Å². The summed E-state index contributed by atoms with van der Waals surface area (Å²) in [6.45, 7) is 5.84. The third-order valence-electron chi connectivity index (χ3n) is 2.54. The predicted molar refractivity (Wildman–Crippen MR) is 44.2 cm³/mol. The molecule has 2 bridgehead atoms. The SMILES string of the molecule is C=C(C)NC1CC2CCC1O2. The predicted octanol–water partition coefficient (Wildman–Crippen LogP) is 1.43. The van der Waals surface area contributed by atoms with E-state index in [2.05, 4.69) is 11.9 Å². The molecule has 2 aliphatic rings. The van der Waals surface area contributed by atoms with Crippen LogP contribution in [-0.2, 0) is 4.74 Å². The van der Waals surface area contributed by atoms with Crippen molar-refractivity contribution in [3.05, 3.63) is 12.3 Å². The number of hydrogen-bond acceptors (Lipinski definition) is 2. The van der Waals surface area contributed by atoms with E-state index in [9.17, 15) is 0 Å². The van der Waals surface area contributed by atoms with Crippen molar-refractivity contribution >= 4 is 0 Å². The van der Waals surface area contributed by atoms with Gasteiger partial charge in [-0.25, -0.2) is 0 Å². The van der Waals surface area contributed by atoms with Crippen LogP contribution >= 0.6 is 0 Å². The van der Waals surface area contributed by atoms with Gasteiger partial charge in [0.2, 0.25) is 0 Å². The van der Waals surface area contributed by atoms with E-state index < -0.39 is 0 Å². The molecule has 0 aliphatic carbocycles. The van der Waals surface area contributed by atoms with Gasteiger partial charge >= 0.3 is 0 Å². The standard InChI is InChI=1S/C9H15NO/c1-6(2)10-8-5-7-3-4-9(8)11-7/h7-10H,1,3-5H2,2H3. The van der Waals surface area contributed by atoms with Gasteiger partial charge in [-0.3, -0.25) is 0 Å². The second-order valence-electron chi connectivity index (χ2n) is 3.64. The molecule has 0 aromatic heterocycles. The van der Waals surface area contributed by atoms with Gasteiger partial charge in [0.1, 0.15) is 0 Å². The second kappa shape index (κ2) is 2.52. The molecule has 11 heavy (non-hydrogen) atoms. The zero-order valence-corrected chi connectivity index (χ0v) is 6.97. The Morgan fingerprint density at radius 1 is 1.55 bits per heavy atom. The minimum absolute atomic E-state index is 0.469. The Labute approximate surface area is 67.6 Å². The highest BCUT2D eigenvalue weighted by Crippen LogP contribution is 2.34. The molecule has 0 saturated carbocycles. The number of rotatable bonds is 2. The summed E-state index contributed by atoms with van der Waals surface area (Å²) in [5.41, 5.74) is 1.06. The maximum atomic E-state index is 5.68. The Kier molecular flexibility index (Phi) is 1.64. The topological polar surface area (TPSA) is 21.3 Å². The molecular weight excluding hydrogens is 138 g/mol. The number of fused-ring (bicyclic) bond motifs is 2. The number of ether oxygens (including phenoxy) is 1. The van der Waals surface area contributed by atoms with Crippen molar-refractivity contribution < 1.29 is 4.74 Å². The highest BCUT2D eigenvalue weighted by molar-refractivity contribution is 4.99. The fourth-order valence-corrected chi connectivity index (χ4v) is 2.11. The zero-order valence-electron chi connectivity index (χ0n) is 6.97. The van der Waals surface area contributed by atoms with E-state index in [1.165, 1.54) is 19.3 Å². The normalized spacial score (nSPS) is 41.0. The molecule has 0 amide bonds. The Morgan fingerprint density at radius 3 is 2.82 bits per heavy atom. The quantitative estimate of drug-likeness (QED) is 0.648. The van der Waals surface area contributed by atoms with Gasteiger partial charge in [0.25, 0.3) is 0 Å². The average molecular weight is 153 g/mol. The highest BCUT2D eigenvalue weighted by Gasteiger charge is 2.40. The molecule has 2 heterocycles. The van der Waals surface area contributed by atoms with Crippen molar-refractivity contribution in [2.24, 2.45) is 0 Å². The van der Waals surface area contributed by atoms with Gasteiger partial charge in [0.05, 0.1) is 18.2 Å². The smallest absolute Gasteiger partial charge is 0.0781 e. The number of hydrogen-bond donors (Lipinski definition) is 1. The Balaban J connectivity index is 1.92. The molecule has 62 valence electrons. The van der Waals surface area contributed by atoms with Crippen molar-refractivity contribution in [2.45, 2.75) is 44.4 Å². The second-order valence-corrected chi connectivity index (χ2v) is 3.64. The van der Waals surface area contributed by atoms with Crippen molar-refractivity contribution in [3.8, 4) is 0 Å². The molecule has 1 N–H and O–H groups in total. The van der Waals surface area contributed by atoms with Crippen molar-refractivity contribution in [1.29, 1.82) is 0 Å². The fourth-order valence-electron chi connectivity index (χ4n) is 2.11. The lowest BCUT2D eigenvalue weighted by molar-refractivity contribution is 0.0985. The van der Waals surface area contributed by atoms with Crippen LogP contribution in [-0.4, -0.2) is 18.2 Å². The summed E-state index contributed by atoms with van der Waals surface area (Å²) in [6, 6.07) is 0.547. The lowest BCUT2D eigenvalue weighted by Crippen LogP contribution is -2.35. The van der Waals surface area contributed by atoms with Gasteiger partial charge in [-0.15, -0.1) is 0 Å². The maximum Gasteiger partial charge on any atom is 0.0781 e. The minimum Gasteiger partial charge on any atom is -0.384 e. The van der Waals surface area contributed by atoms with Crippen molar-refractivity contribution in [1.82, 2.24) is 5.32 Å². The van der Waals surface area contributed by atoms with Crippen LogP contribution in [0.2, 0.25) is 0 Å². The fraction of sp³-hybridized carbons (Fsp3) is 0.778. The molecule has 2 fully saturated rings. The Morgan fingerprint density at radius 2 is 2.36 bits per heavy atom. The van der Waals surface area contributed by atoms with E-state index in [0.29, 0.717) is 18.2 Å². The van der Waals surface area contributed by atoms with Gasteiger partial charge in [0.15, 0.2) is 0 Å². The summed E-state index contributed by atoms with van der Waals surface area (Å²) >= 11 is 0. The van der Waals surface area contributed by atoms with E-state index >= 15 is 0 Å². The van der Waals surface area contributed by atoms with Gasteiger partial charge in [-0.1, -0.05) is 6.58 Å². The van der Waals surface area contributed by atoms with Crippen LogP contribution in [0.5, 0.6) is 0 Å². The molecule has 2 aliphatic heterocycles. The first-order chi connectivity index (χ1) is 5.25. The molecule has 2 heteroatoms. The van der Waals surface area contributed by atoms with E-state index in [-0.39, 0.29) is 0 Å². The Bertz CT molecular complexity index is 178. The van der Waals surface area contributed by atoms with E-state index in [0.717, 1.165) is 5.70 Å². The lowest BCUT2D eigenvalue weighted by Gasteiger charge is -2.20. The van der Waals surface area contributed by atoms with Crippen LogP contribution in [0.25, 0.3) is 0 Å². The monoisotopic (exact) mass is 153 g/mol. The van der Waals surface area contributed by atoms with Gasteiger partial charge < -0.3 is 10.1 Å². The van der Waals surface area contributed by atoms with E-state index in [4.69, 9.17) is 4.74 Å². The van der Waals surface area contributed by atoms with Crippen LogP contribution in [0.4, 0.5) is 0 Å².